The van der Waals surface area contributed by atoms with Crippen LogP contribution >= 0.6 is 0 Å². The molecule has 0 spiro atoms. The molecule has 0 aliphatic rings. The Morgan fingerprint density at radius 1 is 1.10 bits per heavy atom. The summed E-state index contributed by atoms with van der Waals surface area (Å²) in [5.41, 5.74) is 0.852. The minimum absolute atomic E-state index is 0.0952. The molecule has 2 aromatic heterocycles. The number of aromatic nitrogens is 3. The quantitative estimate of drug-likeness (QED) is 0.426. The maximum absolute atomic E-state index is 5.97. The van der Waals surface area contributed by atoms with Crippen LogP contribution in [0.1, 0.15) is 19.7 Å². The zero-order chi connectivity index (χ0) is 20.5. The second-order valence-electron chi connectivity index (χ2n) is 6.52. The Balaban J connectivity index is 1.53. The van der Waals surface area contributed by atoms with Crippen LogP contribution in [0.2, 0.25) is 0 Å². The van der Waals surface area contributed by atoms with Gasteiger partial charge in [-0.1, -0.05) is 18.2 Å². The van der Waals surface area contributed by atoms with Crippen LogP contribution in [0.15, 0.2) is 53.7 Å². The molecule has 3 aromatic rings. The van der Waals surface area contributed by atoms with E-state index in [-0.39, 0.29) is 6.10 Å². The smallest absolute Gasteiger partial charge is 0.191 e. The molecule has 0 aliphatic heterocycles. The molecule has 0 saturated carbocycles. The number of guanidine groups is 1. The van der Waals surface area contributed by atoms with Gasteiger partial charge in [-0.05, 0) is 38.1 Å². The van der Waals surface area contributed by atoms with Crippen molar-refractivity contribution in [2.45, 2.75) is 26.4 Å². The highest BCUT2D eigenvalue weighted by Gasteiger charge is 2.09. The Morgan fingerprint density at radius 3 is 2.69 bits per heavy atom. The summed E-state index contributed by atoms with van der Waals surface area (Å²) in [5.74, 6) is 3.09. The zero-order valence-corrected chi connectivity index (χ0v) is 17.1. The third kappa shape index (κ3) is 5.60. The highest BCUT2D eigenvalue weighted by Crippen LogP contribution is 2.26. The predicted molar refractivity (Wildman–Crippen MR) is 114 cm³/mol. The molecule has 0 fully saturated rings. The molecule has 2 heterocycles. The lowest BCUT2D eigenvalue weighted by molar-refractivity contribution is 0.219. The molecule has 154 valence electrons. The van der Waals surface area contributed by atoms with Crippen molar-refractivity contribution in [3.8, 4) is 11.5 Å². The molecule has 0 radical (unpaired) electrons. The molecule has 8 nitrogen and oxygen atoms in total. The van der Waals surface area contributed by atoms with E-state index in [0.717, 1.165) is 30.4 Å². The van der Waals surface area contributed by atoms with Crippen molar-refractivity contribution < 1.29 is 9.47 Å². The van der Waals surface area contributed by atoms with Crippen LogP contribution in [0.4, 0.5) is 0 Å². The van der Waals surface area contributed by atoms with Crippen LogP contribution in [-0.2, 0) is 6.42 Å². The molecular weight excluding hydrogens is 368 g/mol. The number of nitrogens with one attached hydrogen (secondary N) is 2. The number of rotatable bonds is 9. The summed E-state index contributed by atoms with van der Waals surface area (Å²) in [6.45, 7) is 6.02. The van der Waals surface area contributed by atoms with Gasteiger partial charge in [-0.3, -0.25) is 4.40 Å². The van der Waals surface area contributed by atoms with E-state index in [0.29, 0.717) is 24.6 Å². The topological polar surface area (TPSA) is 85.1 Å². The Morgan fingerprint density at radius 2 is 1.90 bits per heavy atom. The highest BCUT2D eigenvalue weighted by atomic mass is 16.5. The van der Waals surface area contributed by atoms with Crippen LogP contribution in [0.3, 0.4) is 0 Å². The van der Waals surface area contributed by atoms with Gasteiger partial charge in [0.2, 0.25) is 0 Å². The molecule has 1 unspecified atom stereocenters. The number of methoxy groups -OCH3 is 1. The van der Waals surface area contributed by atoms with E-state index in [1.165, 1.54) is 0 Å². The van der Waals surface area contributed by atoms with Gasteiger partial charge in [0, 0.05) is 25.7 Å². The fourth-order valence-corrected chi connectivity index (χ4v) is 2.89. The van der Waals surface area contributed by atoms with Gasteiger partial charge in [0.15, 0.2) is 23.1 Å². The van der Waals surface area contributed by atoms with Crippen molar-refractivity contribution in [1.29, 1.82) is 0 Å². The van der Waals surface area contributed by atoms with Gasteiger partial charge < -0.3 is 20.1 Å². The second kappa shape index (κ2) is 10.3. The fourth-order valence-electron chi connectivity index (χ4n) is 2.89. The molecule has 29 heavy (non-hydrogen) atoms. The van der Waals surface area contributed by atoms with Crippen molar-refractivity contribution in [2.75, 3.05) is 26.7 Å². The molecule has 0 aliphatic carbocycles. The SMILES string of the molecule is CCNC(=NCC(C)Oc1ccccc1OC)NCCc1nnc2ccccn12. The lowest BCUT2D eigenvalue weighted by Crippen LogP contribution is -2.39. The van der Waals surface area contributed by atoms with Gasteiger partial charge >= 0.3 is 0 Å². The zero-order valence-electron chi connectivity index (χ0n) is 17.1. The highest BCUT2D eigenvalue weighted by molar-refractivity contribution is 5.79. The van der Waals surface area contributed by atoms with Gasteiger partial charge in [-0.2, -0.15) is 0 Å². The monoisotopic (exact) mass is 396 g/mol. The third-order valence-corrected chi connectivity index (χ3v) is 4.27. The van der Waals surface area contributed by atoms with Crippen molar-refractivity contribution in [1.82, 2.24) is 25.2 Å². The van der Waals surface area contributed by atoms with Gasteiger partial charge in [-0.15, -0.1) is 10.2 Å². The summed E-state index contributed by atoms with van der Waals surface area (Å²) < 4.78 is 13.3. The van der Waals surface area contributed by atoms with Crippen LogP contribution in [0, 0.1) is 0 Å². The molecule has 0 saturated heterocycles. The van der Waals surface area contributed by atoms with E-state index in [1.54, 1.807) is 7.11 Å². The number of para-hydroxylation sites is 2. The standard InChI is InChI=1S/C21H28N6O2/c1-4-22-21(23-13-12-20-26-25-19-11-7-8-14-27(19)20)24-15-16(2)29-18-10-6-5-9-17(18)28-3/h5-11,14,16H,4,12-13,15H2,1-3H3,(H2,22,23,24). The first-order valence-electron chi connectivity index (χ1n) is 9.81. The normalized spacial score (nSPS) is 12.6. The fraction of sp³-hybridized carbons (Fsp3) is 0.381. The van der Waals surface area contributed by atoms with E-state index in [9.17, 15) is 0 Å². The summed E-state index contributed by atoms with van der Waals surface area (Å²) in [7, 11) is 1.64. The second-order valence-corrected chi connectivity index (χ2v) is 6.52. The Hall–Kier alpha value is -3.29. The van der Waals surface area contributed by atoms with E-state index < -0.39 is 0 Å². The number of aliphatic imine (C=N–C) groups is 1. The third-order valence-electron chi connectivity index (χ3n) is 4.27. The average Bonchev–Trinajstić information content (AvgIpc) is 3.15. The summed E-state index contributed by atoms with van der Waals surface area (Å²) >= 11 is 0. The van der Waals surface area contributed by atoms with Gasteiger partial charge in [0.1, 0.15) is 11.9 Å². The van der Waals surface area contributed by atoms with Gasteiger partial charge in [-0.25, -0.2) is 4.99 Å². The van der Waals surface area contributed by atoms with Gasteiger partial charge in [0.25, 0.3) is 0 Å². The van der Waals surface area contributed by atoms with Crippen LogP contribution in [0.5, 0.6) is 11.5 Å². The lowest BCUT2D eigenvalue weighted by Gasteiger charge is -2.16. The maximum atomic E-state index is 5.97. The first-order chi connectivity index (χ1) is 14.2. The number of hydrogen-bond acceptors (Lipinski definition) is 5. The molecule has 8 heteroatoms. The molecule has 1 aromatic carbocycles. The van der Waals surface area contributed by atoms with E-state index in [4.69, 9.17) is 9.47 Å². The van der Waals surface area contributed by atoms with Crippen LogP contribution < -0.4 is 20.1 Å². The minimum atomic E-state index is -0.0952. The molecule has 2 N–H and O–H groups in total. The van der Waals surface area contributed by atoms with E-state index >= 15 is 0 Å². The van der Waals surface area contributed by atoms with E-state index in [1.807, 2.05) is 66.9 Å². The Kier molecular flexibility index (Phi) is 7.27. The lowest BCUT2D eigenvalue weighted by atomic mass is 10.3. The van der Waals surface area contributed by atoms with Crippen molar-refractivity contribution in [3.05, 3.63) is 54.5 Å². The first-order valence-corrected chi connectivity index (χ1v) is 9.81. The molecule has 3 rings (SSSR count). The van der Waals surface area contributed by atoms with Crippen molar-refractivity contribution in [3.63, 3.8) is 0 Å². The summed E-state index contributed by atoms with van der Waals surface area (Å²) in [6, 6.07) is 13.5. The summed E-state index contributed by atoms with van der Waals surface area (Å²) in [4.78, 5) is 4.63. The number of hydrogen-bond donors (Lipinski definition) is 2. The minimum Gasteiger partial charge on any atom is -0.493 e. The maximum Gasteiger partial charge on any atom is 0.191 e. The summed E-state index contributed by atoms with van der Waals surface area (Å²) in [5, 5.41) is 15.0. The van der Waals surface area contributed by atoms with Crippen molar-refractivity contribution in [2.24, 2.45) is 4.99 Å². The number of fused-ring (bicyclic) bond motifs is 1. The van der Waals surface area contributed by atoms with Gasteiger partial charge in [0.05, 0.1) is 13.7 Å². The molecule has 1 atom stereocenters. The average molecular weight is 396 g/mol. The molecule has 0 bridgehead atoms. The molecule has 0 amide bonds. The number of ether oxygens (including phenoxy) is 2. The van der Waals surface area contributed by atoms with Crippen LogP contribution in [0.25, 0.3) is 5.65 Å². The van der Waals surface area contributed by atoms with Crippen molar-refractivity contribution >= 4 is 11.6 Å². The number of pyridine rings is 1. The number of nitrogens with zero attached hydrogens (tertiary/aromatic N) is 4. The first kappa shape index (κ1) is 20.4. The van der Waals surface area contributed by atoms with Crippen LogP contribution in [-0.4, -0.2) is 53.4 Å². The summed E-state index contributed by atoms with van der Waals surface area (Å²) in [6.07, 6.45) is 2.62. The Labute approximate surface area is 171 Å². The largest absolute Gasteiger partial charge is 0.493 e. The predicted octanol–water partition coefficient (Wildman–Crippen LogP) is 2.30. The molecular formula is C21H28N6O2. The Bertz CT molecular complexity index is 940. The number of benzene rings is 1. The van der Waals surface area contributed by atoms with E-state index in [2.05, 4.69) is 25.8 Å².